The van der Waals surface area contributed by atoms with E-state index in [-0.39, 0.29) is 0 Å². The van der Waals surface area contributed by atoms with Crippen LogP contribution in [0.25, 0.3) is 21.8 Å². The van der Waals surface area contributed by atoms with Crippen LogP contribution in [0.5, 0.6) is 0 Å². The van der Waals surface area contributed by atoms with Crippen molar-refractivity contribution in [3.8, 4) is 0 Å². The number of aromatic nitrogens is 1. The van der Waals surface area contributed by atoms with Gasteiger partial charge in [-0.15, -0.1) is 0 Å². The monoisotopic (exact) mass is 223 g/mol. The predicted octanol–water partition coefficient (Wildman–Crippen LogP) is -0.130. The lowest BCUT2D eigenvalue weighted by atomic mass is 9.80. The molecule has 5 heteroatoms. The maximum Gasteiger partial charge on any atom is 0.488 e. The molecule has 2 aromatic carbocycles. The molecular weight excluding hydrogens is 212 g/mol. The van der Waals surface area contributed by atoms with Gasteiger partial charge < -0.3 is 14.5 Å². The quantitative estimate of drug-likeness (QED) is 0.564. The highest BCUT2D eigenvalue weighted by molar-refractivity contribution is 6.59. The topological polar surface area (TPSA) is 45.4 Å². The third-order valence-corrected chi connectivity index (χ3v) is 3.24. The molecule has 3 rings (SSSR count). The van der Waals surface area contributed by atoms with Crippen molar-refractivity contribution < 1.29 is 10.0 Å². The van der Waals surface area contributed by atoms with E-state index in [1.54, 1.807) is 6.07 Å². The number of rotatable bonds is 1. The summed E-state index contributed by atoms with van der Waals surface area (Å²) in [7, 11) is 0.595. The fourth-order valence-corrected chi connectivity index (χ4v) is 2.35. The molecule has 0 atom stereocenters. The number of nitrogens with zero attached hydrogens (tertiary/aromatic N) is 1. The Hall–Kier alpha value is -1.71. The first-order valence-corrected chi connectivity index (χ1v) is 5.51. The van der Waals surface area contributed by atoms with Crippen LogP contribution in [0, 0.1) is 0 Å². The van der Waals surface area contributed by atoms with E-state index >= 15 is 0 Å². The maximum absolute atomic E-state index is 9.21. The minimum atomic E-state index is -1.42. The second-order valence-corrected chi connectivity index (χ2v) is 4.23. The molecule has 0 spiro atoms. The second-order valence-electron chi connectivity index (χ2n) is 4.23. The number of fused-ring (bicyclic) bond motifs is 3. The molecule has 0 saturated carbocycles. The van der Waals surface area contributed by atoms with Crippen molar-refractivity contribution in [1.29, 1.82) is 0 Å². The molecule has 1 aromatic heterocycles. The van der Waals surface area contributed by atoms with Gasteiger partial charge in [-0.2, -0.15) is 0 Å². The van der Waals surface area contributed by atoms with E-state index in [0.717, 1.165) is 21.8 Å². The Balaban J connectivity index is 2.46. The van der Waals surface area contributed by atoms with E-state index in [0.29, 0.717) is 5.46 Å². The van der Waals surface area contributed by atoms with Crippen molar-refractivity contribution in [3.05, 3.63) is 42.5 Å². The van der Waals surface area contributed by atoms with Crippen LogP contribution in [0.1, 0.15) is 0 Å². The van der Waals surface area contributed by atoms with E-state index in [9.17, 15) is 10.0 Å². The molecule has 3 nitrogen and oxygen atoms in total. The minimum absolute atomic E-state index is 0.522. The molecule has 2 N–H and O–H groups in total. The van der Waals surface area contributed by atoms with Gasteiger partial charge in [-0.05, 0) is 17.6 Å². The Morgan fingerprint density at radius 1 is 0.941 bits per heavy atom. The summed E-state index contributed by atoms with van der Waals surface area (Å²) >= 11 is 0. The lowest BCUT2D eigenvalue weighted by molar-refractivity contribution is 0.426. The highest BCUT2D eigenvalue weighted by Crippen LogP contribution is 2.26. The molecule has 0 bridgehead atoms. The number of benzene rings is 2. The van der Waals surface area contributed by atoms with E-state index in [4.69, 9.17) is 0 Å². The molecule has 0 saturated heterocycles. The van der Waals surface area contributed by atoms with Gasteiger partial charge in [-0.1, -0.05) is 30.3 Å². The number of para-hydroxylation sites is 1. The summed E-state index contributed by atoms with van der Waals surface area (Å²) < 4.78 is 2.11. The van der Waals surface area contributed by atoms with Crippen LogP contribution >= 0.6 is 0 Å². The fourth-order valence-electron chi connectivity index (χ4n) is 2.35. The molecular formula is C12H11B2NO2. The van der Waals surface area contributed by atoms with Crippen molar-refractivity contribution >= 4 is 42.4 Å². The van der Waals surface area contributed by atoms with E-state index in [1.807, 2.05) is 38.3 Å². The van der Waals surface area contributed by atoms with Gasteiger partial charge in [-0.3, -0.25) is 0 Å². The average molecular weight is 223 g/mol. The molecule has 0 aliphatic carbocycles. The zero-order valence-electron chi connectivity index (χ0n) is 9.46. The summed E-state index contributed by atoms with van der Waals surface area (Å²) in [5.74, 6) is 0. The van der Waals surface area contributed by atoms with Crippen LogP contribution in [-0.2, 0) is 0 Å². The Bertz CT molecular complexity index is 706. The molecule has 82 valence electrons. The minimum Gasteiger partial charge on any atom is -0.423 e. The van der Waals surface area contributed by atoms with Crippen LogP contribution in [0.15, 0.2) is 42.5 Å². The van der Waals surface area contributed by atoms with Crippen molar-refractivity contribution in [3.63, 3.8) is 0 Å². The van der Waals surface area contributed by atoms with Crippen molar-refractivity contribution in [2.75, 3.05) is 0 Å². The van der Waals surface area contributed by atoms with Crippen LogP contribution in [0.2, 0.25) is 0 Å². The molecule has 0 unspecified atom stereocenters. The Labute approximate surface area is 99.9 Å². The second kappa shape index (κ2) is 3.65. The van der Waals surface area contributed by atoms with Gasteiger partial charge in [0.1, 0.15) is 0 Å². The normalized spacial score (nSPS) is 11.2. The highest BCUT2D eigenvalue weighted by atomic mass is 16.4. The first-order valence-electron chi connectivity index (χ1n) is 5.51. The maximum atomic E-state index is 9.21. The fraction of sp³-hybridized carbons (Fsp3) is 0. The van der Waals surface area contributed by atoms with Crippen molar-refractivity contribution in [2.24, 2.45) is 0 Å². The van der Waals surface area contributed by atoms with Crippen molar-refractivity contribution in [2.45, 2.75) is 0 Å². The van der Waals surface area contributed by atoms with Crippen LogP contribution in [-0.4, -0.2) is 29.6 Å². The van der Waals surface area contributed by atoms with Gasteiger partial charge >= 0.3 is 7.12 Å². The van der Waals surface area contributed by atoms with Gasteiger partial charge in [0.05, 0.1) is 0 Å². The summed E-state index contributed by atoms with van der Waals surface area (Å²) in [5, 5.41) is 20.6. The first-order chi connectivity index (χ1) is 8.18. The average Bonchev–Trinajstić information content (AvgIpc) is 2.64. The molecule has 0 amide bonds. The highest BCUT2D eigenvalue weighted by Gasteiger charge is 2.13. The summed E-state index contributed by atoms with van der Waals surface area (Å²) in [6.07, 6.45) is 0. The SMILES string of the molecule is Bn1c2ccccc2c2cc(B(O)O)ccc21. The molecule has 0 radical (unpaired) electrons. The van der Waals surface area contributed by atoms with Crippen LogP contribution < -0.4 is 5.46 Å². The van der Waals surface area contributed by atoms with Crippen LogP contribution in [0.4, 0.5) is 0 Å². The Kier molecular flexibility index (Phi) is 2.24. The summed E-state index contributed by atoms with van der Waals surface area (Å²) in [4.78, 5) is 0. The summed E-state index contributed by atoms with van der Waals surface area (Å²) in [6, 6.07) is 13.6. The molecule has 3 aromatic rings. The van der Waals surface area contributed by atoms with Gasteiger partial charge in [-0.25, -0.2) is 0 Å². The summed E-state index contributed by atoms with van der Waals surface area (Å²) in [6.45, 7) is 0. The smallest absolute Gasteiger partial charge is 0.423 e. The zero-order chi connectivity index (χ0) is 12.0. The Morgan fingerprint density at radius 3 is 2.41 bits per heavy atom. The standard InChI is InChI=1S/C12H11B2NO2/c13-15-11-4-2-1-3-9(11)10-7-8(14(16)17)5-6-12(10)15/h1-7,16-17H,13H2. The third kappa shape index (κ3) is 1.47. The third-order valence-electron chi connectivity index (χ3n) is 3.24. The van der Waals surface area contributed by atoms with Gasteiger partial charge in [0.25, 0.3) is 0 Å². The summed E-state index contributed by atoms with van der Waals surface area (Å²) in [5.41, 5.74) is 2.76. The largest absolute Gasteiger partial charge is 0.488 e. The van der Waals surface area contributed by atoms with Gasteiger partial charge in [0.15, 0.2) is 0 Å². The molecule has 17 heavy (non-hydrogen) atoms. The van der Waals surface area contributed by atoms with Gasteiger partial charge in [0, 0.05) is 21.8 Å². The van der Waals surface area contributed by atoms with E-state index in [2.05, 4.69) is 10.5 Å². The van der Waals surface area contributed by atoms with E-state index in [1.165, 1.54) is 0 Å². The molecule has 0 fully saturated rings. The first kappa shape index (κ1) is 10.4. The number of hydrogen-bond donors (Lipinski definition) is 2. The van der Waals surface area contributed by atoms with Crippen LogP contribution in [0.3, 0.4) is 0 Å². The zero-order valence-corrected chi connectivity index (χ0v) is 9.46. The van der Waals surface area contributed by atoms with E-state index < -0.39 is 7.12 Å². The molecule has 0 aliphatic rings. The lowest BCUT2D eigenvalue weighted by Crippen LogP contribution is -2.29. The number of hydrogen-bond acceptors (Lipinski definition) is 2. The molecule has 0 aliphatic heterocycles. The lowest BCUT2D eigenvalue weighted by Gasteiger charge is -2.01. The van der Waals surface area contributed by atoms with Gasteiger partial charge in [0.2, 0.25) is 7.98 Å². The molecule has 1 heterocycles. The Morgan fingerprint density at radius 2 is 1.65 bits per heavy atom. The van der Waals surface area contributed by atoms with Crippen molar-refractivity contribution in [1.82, 2.24) is 4.48 Å². The predicted molar refractivity (Wildman–Crippen MR) is 73.2 cm³/mol.